The number of pyridine rings is 1. The fourth-order valence-corrected chi connectivity index (χ4v) is 3.50. The van der Waals surface area contributed by atoms with E-state index in [2.05, 4.69) is 26.1 Å². The number of aryl methyl sites for hydroxylation is 1. The van der Waals surface area contributed by atoms with Crippen molar-refractivity contribution in [2.24, 2.45) is 0 Å². The topological polar surface area (TPSA) is 61.9 Å². The van der Waals surface area contributed by atoms with Crippen molar-refractivity contribution in [2.45, 2.75) is 64.0 Å². The van der Waals surface area contributed by atoms with E-state index in [9.17, 15) is 4.79 Å². The number of rotatable bonds is 7. The zero-order chi connectivity index (χ0) is 16.6. The predicted molar refractivity (Wildman–Crippen MR) is 93.2 cm³/mol. The van der Waals surface area contributed by atoms with Crippen LogP contribution in [-0.4, -0.2) is 32.0 Å². The van der Waals surface area contributed by atoms with Crippen LogP contribution >= 0.6 is 0 Å². The SMILES string of the molecule is O=C(CCCc1cn[nH]c1)N(Cc1cccnc1)C1CCCCC1. The van der Waals surface area contributed by atoms with E-state index in [1.54, 1.807) is 6.20 Å². The van der Waals surface area contributed by atoms with Crippen molar-refractivity contribution in [1.82, 2.24) is 20.1 Å². The van der Waals surface area contributed by atoms with E-state index in [0.29, 0.717) is 19.0 Å². The van der Waals surface area contributed by atoms with Gasteiger partial charge in [-0.15, -0.1) is 0 Å². The van der Waals surface area contributed by atoms with E-state index >= 15 is 0 Å². The number of amides is 1. The standard InChI is InChI=1S/C19H26N4O/c24-19(10-4-6-16-13-21-22-14-16)23(18-8-2-1-3-9-18)15-17-7-5-11-20-12-17/h5,7,11-14,18H,1-4,6,8-10,15H2,(H,21,22). The molecule has 0 unspecified atom stereocenters. The minimum absolute atomic E-state index is 0.272. The number of H-pyrrole nitrogens is 1. The third-order valence-corrected chi connectivity index (χ3v) is 4.82. The summed E-state index contributed by atoms with van der Waals surface area (Å²) in [5.74, 6) is 0.272. The van der Waals surface area contributed by atoms with Crippen LogP contribution < -0.4 is 0 Å². The average Bonchev–Trinajstić information content (AvgIpc) is 3.15. The van der Waals surface area contributed by atoms with Crippen LogP contribution in [0.3, 0.4) is 0 Å². The highest BCUT2D eigenvalue weighted by Gasteiger charge is 2.25. The van der Waals surface area contributed by atoms with Crippen molar-refractivity contribution in [1.29, 1.82) is 0 Å². The van der Waals surface area contributed by atoms with Crippen LogP contribution in [0.5, 0.6) is 0 Å². The number of hydrogen-bond acceptors (Lipinski definition) is 3. The van der Waals surface area contributed by atoms with E-state index in [1.807, 2.05) is 24.7 Å². The maximum atomic E-state index is 12.9. The lowest BCUT2D eigenvalue weighted by Gasteiger charge is -2.34. The molecule has 0 bridgehead atoms. The molecule has 0 radical (unpaired) electrons. The van der Waals surface area contributed by atoms with E-state index in [4.69, 9.17) is 0 Å². The molecule has 1 aliphatic carbocycles. The fourth-order valence-electron chi connectivity index (χ4n) is 3.50. The van der Waals surface area contributed by atoms with Crippen molar-refractivity contribution < 1.29 is 4.79 Å². The van der Waals surface area contributed by atoms with Crippen LogP contribution in [0.1, 0.15) is 56.1 Å². The summed E-state index contributed by atoms with van der Waals surface area (Å²) in [7, 11) is 0. The van der Waals surface area contributed by atoms with E-state index in [0.717, 1.165) is 31.2 Å². The summed E-state index contributed by atoms with van der Waals surface area (Å²) in [4.78, 5) is 19.1. The summed E-state index contributed by atoms with van der Waals surface area (Å²) in [5.41, 5.74) is 2.28. The molecule has 1 amide bonds. The molecule has 0 spiro atoms. The zero-order valence-electron chi connectivity index (χ0n) is 14.2. The molecule has 0 atom stereocenters. The highest BCUT2D eigenvalue weighted by molar-refractivity contribution is 5.76. The van der Waals surface area contributed by atoms with Gasteiger partial charge in [0, 0.05) is 37.6 Å². The summed E-state index contributed by atoms with van der Waals surface area (Å²) in [6.07, 6.45) is 15.8. The third-order valence-electron chi connectivity index (χ3n) is 4.82. The van der Waals surface area contributed by atoms with Gasteiger partial charge in [-0.2, -0.15) is 5.10 Å². The molecule has 1 aliphatic rings. The number of hydrogen-bond donors (Lipinski definition) is 1. The number of aromatic amines is 1. The van der Waals surface area contributed by atoms with Gasteiger partial charge in [0.15, 0.2) is 0 Å². The molecule has 24 heavy (non-hydrogen) atoms. The Hall–Kier alpha value is -2.17. The molecular weight excluding hydrogens is 300 g/mol. The van der Waals surface area contributed by atoms with Gasteiger partial charge < -0.3 is 4.90 Å². The van der Waals surface area contributed by atoms with Crippen LogP contribution in [0.25, 0.3) is 0 Å². The number of carbonyl (C=O) groups is 1. The molecule has 2 heterocycles. The monoisotopic (exact) mass is 326 g/mol. The smallest absolute Gasteiger partial charge is 0.223 e. The molecular formula is C19H26N4O. The second-order valence-corrected chi connectivity index (χ2v) is 6.63. The Labute approximate surface area is 143 Å². The summed E-state index contributed by atoms with van der Waals surface area (Å²) in [6, 6.07) is 4.39. The second-order valence-electron chi connectivity index (χ2n) is 6.63. The minimum Gasteiger partial charge on any atom is -0.335 e. The Bertz CT molecular complexity index is 606. The third kappa shape index (κ3) is 4.66. The van der Waals surface area contributed by atoms with Crippen molar-refractivity contribution in [3.8, 4) is 0 Å². The van der Waals surface area contributed by atoms with Gasteiger partial charge in [0.25, 0.3) is 0 Å². The van der Waals surface area contributed by atoms with Crippen molar-refractivity contribution in [3.63, 3.8) is 0 Å². The first-order valence-corrected chi connectivity index (χ1v) is 8.99. The van der Waals surface area contributed by atoms with Crippen LogP contribution in [0.15, 0.2) is 36.9 Å². The van der Waals surface area contributed by atoms with E-state index in [1.165, 1.54) is 24.8 Å². The van der Waals surface area contributed by atoms with Gasteiger partial charge in [-0.25, -0.2) is 0 Å². The number of nitrogens with zero attached hydrogens (tertiary/aromatic N) is 3. The minimum atomic E-state index is 0.272. The molecule has 5 nitrogen and oxygen atoms in total. The van der Waals surface area contributed by atoms with Crippen LogP contribution in [0.2, 0.25) is 0 Å². The first-order chi connectivity index (χ1) is 11.8. The van der Waals surface area contributed by atoms with Gasteiger partial charge in [0.05, 0.1) is 6.20 Å². The first-order valence-electron chi connectivity index (χ1n) is 8.99. The molecule has 5 heteroatoms. The molecule has 128 valence electrons. The van der Waals surface area contributed by atoms with Gasteiger partial charge in [-0.1, -0.05) is 25.3 Å². The highest BCUT2D eigenvalue weighted by atomic mass is 16.2. The molecule has 0 saturated heterocycles. The fraction of sp³-hybridized carbons (Fsp3) is 0.526. The molecule has 2 aromatic rings. The second kappa shape index (κ2) is 8.62. The summed E-state index contributed by atoms with van der Waals surface area (Å²) >= 11 is 0. The van der Waals surface area contributed by atoms with Crippen LogP contribution in [0.4, 0.5) is 0 Å². The number of nitrogens with one attached hydrogen (secondary N) is 1. The Morgan fingerprint density at radius 2 is 2.08 bits per heavy atom. The average molecular weight is 326 g/mol. The number of carbonyl (C=O) groups excluding carboxylic acids is 1. The zero-order valence-corrected chi connectivity index (χ0v) is 14.2. The Morgan fingerprint density at radius 3 is 2.79 bits per heavy atom. The summed E-state index contributed by atoms with van der Waals surface area (Å²) in [6.45, 7) is 0.684. The Balaban J connectivity index is 1.60. The largest absolute Gasteiger partial charge is 0.335 e. The van der Waals surface area contributed by atoms with Crippen molar-refractivity contribution in [2.75, 3.05) is 0 Å². The quantitative estimate of drug-likeness (QED) is 0.847. The van der Waals surface area contributed by atoms with Gasteiger partial charge in [-0.3, -0.25) is 14.9 Å². The van der Waals surface area contributed by atoms with E-state index < -0.39 is 0 Å². The van der Waals surface area contributed by atoms with Crippen LogP contribution in [0, 0.1) is 0 Å². The van der Waals surface area contributed by atoms with Gasteiger partial charge >= 0.3 is 0 Å². The number of aromatic nitrogens is 3. The first kappa shape index (κ1) is 16.7. The maximum Gasteiger partial charge on any atom is 0.223 e. The normalized spacial score (nSPS) is 15.3. The summed E-state index contributed by atoms with van der Waals surface area (Å²) < 4.78 is 0. The van der Waals surface area contributed by atoms with Crippen molar-refractivity contribution in [3.05, 3.63) is 48.0 Å². The molecule has 0 aromatic carbocycles. The lowest BCUT2D eigenvalue weighted by Crippen LogP contribution is -2.40. The van der Waals surface area contributed by atoms with Gasteiger partial charge in [0.2, 0.25) is 5.91 Å². The van der Waals surface area contributed by atoms with Crippen LogP contribution in [-0.2, 0) is 17.8 Å². The Morgan fingerprint density at radius 1 is 1.21 bits per heavy atom. The molecule has 1 fully saturated rings. The van der Waals surface area contributed by atoms with Gasteiger partial charge in [0.1, 0.15) is 0 Å². The highest BCUT2D eigenvalue weighted by Crippen LogP contribution is 2.25. The molecule has 3 rings (SSSR count). The molecule has 0 aliphatic heterocycles. The summed E-state index contributed by atoms with van der Waals surface area (Å²) in [5, 5.41) is 6.78. The maximum absolute atomic E-state index is 12.9. The lowest BCUT2D eigenvalue weighted by molar-refractivity contribution is -0.135. The molecule has 1 saturated carbocycles. The lowest BCUT2D eigenvalue weighted by atomic mass is 9.93. The predicted octanol–water partition coefficient (Wildman–Crippen LogP) is 3.49. The van der Waals surface area contributed by atoms with Gasteiger partial charge in [-0.05, 0) is 42.9 Å². The molecule has 2 aromatic heterocycles. The Kier molecular flexibility index (Phi) is 5.99. The van der Waals surface area contributed by atoms with Crippen molar-refractivity contribution >= 4 is 5.91 Å². The van der Waals surface area contributed by atoms with E-state index in [-0.39, 0.29) is 5.91 Å². The molecule has 1 N–H and O–H groups in total.